The molecule has 0 spiro atoms. The maximum atomic E-state index is 12.8. The fourth-order valence-corrected chi connectivity index (χ4v) is 2.54. The molecular formula is C17H22N2O4. The smallest absolute Gasteiger partial charge is 0.303 e. The summed E-state index contributed by atoms with van der Waals surface area (Å²) < 4.78 is 6.74. The average Bonchev–Trinajstić information content (AvgIpc) is 2.82. The van der Waals surface area contributed by atoms with Crippen LogP contribution in [0.15, 0.2) is 29.1 Å². The van der Waals surface area contributed by atoms with E-state index < -0.39 is 5.97 Å². The second-order valence-corrected chi connectivity index (χ2v) is 6.42. The summed E-state index contributed by atoms with van der Waals surface area (Å²) >= 11 is 0. The molecule has 0 fully saturated rings. The third kappa shape index (κ3) is 3.47. The van der Waals surface area contributed by atoms with Crippen LogP contribution in [0.2, 0.25) is 0 Å². The highest BCUT2D eigenvalue weighted by atomic mass is 16.5. The Labute approximate surface area is 134 Å². The van der Waals surface area contributed by atoms with Gasteiger partial charge in [-0.3, -0.25) is 14.7 Å². The molecule has 6 nitrogen and oxygen atoms in total. The molecule has 124 valence electrons. The molecule has 0 saturated heterocycles. The zero-order valence-corrected chi connectivity index (χ0v) is 13.8. The molecule has 0 aliphatic carbocycles. The van der Waals surface area contributed by atoms with Crippen LogP contribution in [-0.4, -0.2) is 28.0 Å². The topological polar surface area (TPSA) is 84.3 Å². The SMILES string of the molecule is COc1ccccc1-n1[nH]c(C(C)(C)C)c(CCC(=O)O)c1=O. The Morgan fingerprint density at radius 3 is 2.52 bits per heavy atom. The summed E-state index contributed by atoms with van der Waals surface area (Å²) in [6.07, 6.45) is 0.113. The first-order valence-corrected chi connectivity index (χ1v) is 7.45. The molecule has 0 saturated carbocycles. The van der Waals surface area contributed by atoms with Crippen LogP contribution in [0.1, 0.15) is 38.4 Å². The number of H-pyrrole nitrogens is 1. The second kappa shape index (κ2) is 6.32. The number of nitrogens with zero attached hydrogens (tertiary/aromatic N) is 1. The van der Waals surface area contributed by atoms with Crippen LogP contribution in [0.4, 0.5) is 0 Å². The van der Waals surface area contributed by atoms with Crippen molar-refractivity contribution in [2.45, 2.75) is 39.0 Å². The van der Waals surface area contributed by atoms with Gasteiger partial charge in [-0.25, -0.2) is 4.68 Å². The number of ether oxygens (including phenoxy) is 1. The Kier molecular flexibility index (Phi) is 4.63. The normalized spacial score (nSPS) is 11.5. The maximum Gasteiger partial charge on any atom is 0.303 e. The molecule has 0 amide bonds. The predicted molar refractivity (Wildman–Crippen MR) is 87.6 cm³/mol. The van der Waals surface area contributed by atoms with Gasteiger partial charge in [0.05, 0.1) is 7.11 Å². The van der Waals surface area contributed by atoms with E-state index in [-0.39, 0.29) is 23.8 Å². The summed E-state index contributed by atoms with van der Waals surface area (Å²) in [5, 5.41) is 12.1. The number of para-hydroxylation sites is 2. The van der Waals surface area contributed by atoms with Crippen molar-refractivity contribution in [2.75, 3.05) is 7.11 Å². The molecule has 2 aromatic rings. The summed E-state index contributed by atoms with van der Waals surface area (Å²) in [5.74, 6) is -0.351. The molecular weight excluding hydrogens is 296 g/mol. The highest BCUT2D eigenvalue weighted by Crippen LogP contribution is 2.26. The molecule has 23 heavy (non-hydrogen) atoms. The lowest BCUT2D eigenvalue weighted by Crippen LogP contribution is -2.19. The Bertz CT molecular complexity index is 766. The maximum absolute atomic E-state index is 12.8. The van der Waals surface area contributed by atoms with Crippen molar-refractivity contribution in [3.05, 3.63) is 45.9 Å². The highest BCUT2D eigenvalue weighted by molar-refractivity contribution is 5.67. The van der Waals surface area contributed by atoms with Crippen molar-refractivity contribution in [3.63, 3.8) is 0 Å². The molecule has 6 heteroatoms. The van der Waals surface area contributed by atoms with Crippen molar-refractivity contribution < 1.29 is 14.6 Å². The zero-order chi connectivity index (χ0) is 17.2. The lowest BCUT2D eigenvalue weighted by Gasteiger charge is -2.18. The van der Waals surface area contributed by atoms with E-state index in [1.165, 1.54) is 4.68 Å². The molecule has 1 aromatic carbocycles. The van der Waals surface area contributed by atoms with Gasteiger partial charge in [-0.2, -0.15) is 0 Å². The van der Waals surface area contributed by atoms with Crippen molar-refractivity contribution in [3.8, 4) is 11.4 Å². The van der Waals surface area contributed by atoms with E-state index in [9.17, 15) is 9.59 Å². The molecule has 0 unspecified atom stereocenters. The van der Waals surface area contributed by atoms with Gasteiger partial charge < -0.3 is 9.84 Å². The molecule has 2 rings (SSSR count). The van der Waals surface area contributed by atoms with Gasteiger partial charge in [0.2, 0.25) is 0 Å². The number of methoxy groups -OCH3 is 1. The molecule has 1 heterocycles. The first-order valence-electron chi connectivity index (χ1n) is 7.45. The van der Waals surface area contributed by atoms with E-state index in [1.807, 2.05) is 32.9 Å². The number of carboxylic acids is 1. The number of aromatic nitrogens is 2. The lowest BCUT2D eigenvalue weighted by atomic mass is 9.88. The fourth-order valence-electron chi connectivity index (χ4n) is 2.54. The fraction of sp³-hybridized carbons (Fsp3) is 0.412. The van der Waals surface area contributed by atoms with Crippen LogP contribution in [0.3, 0.4) is 0 Å². The Morgan fingerprint density at radius 2 is 1.96 bits per heavy atom. The standard InChI is InChI=1S/C17H22N2O4/c1-17(2,3)15-11(9-10-14(20)21)16(22)19(18-15)12-7-5-6-8-13(12)23-4/h5-8,18H,9-10H2,1-4H3,(H,20,21). The van der Waals surface area contributed by atoms with Gasteiger partial charge in [0.1, 0.15) is 11.4 Å². The third-order valence-corrected chi connectivity index (χ3v) is 3.65. The van der Waals surface area contributed by atoms with Gasteiger partial charge in [0.25, 0.3) is 5.56 Å². The average molecular weight is 318 g/mol. The minimum atomic E-state index is -0.922. The van der Waals surface area contributed by atoms with E-state index in [0.29, 0.717) is 17.0 Å². The molecule has 0 atom stereocenters. The van der Waals surface area contributed by atoms with Gasteiger partial charge in [0, 0.05) is 23.1 Å². The first kappa shape index (κ1) is 16.9. The van der Waals surface area contributed by atoms with Gasteiger partial charge >= 0.3 is 5.97 Å². The van der Waals surface area contributed by atoms with E-state index in [1.54, 1.807) is 19.2 Å². The predicted octanol–water partition coefficient (Wildman–Crippen LogP) is 2.49. The van der Waals surface area contributed by atoms with Crippen molar-refractivity contribution in [1.29, 1.82) is 0 Å². The lowest BCUT2D eigenvalue weighted by molar-refractivity contribution is -0.136. The van der Waals surface area contributed by atoms with E-state index in [2.05, 4.69) is 5.10 Å². The molecule has 0 aliphatic heterocycles. The van der Waals surface area contributed by atoms with Gasteiger partial charge in [0.15, 0.2) is 0 Å². The number of aliphatic carboxylic acids is 1. The number of aromatic amines is 1. The monoisotopic (exact) mass is 318 g/mol. The Hall–Kier alpha value is -2.50. The number of hydrogen-bond acceptors (Lipinski definition) is 3. The number of carbonyl (C=O) groups is 1. The van der Waals surface area contributed by atoms with E-state index in [0.717, 1.165) is 5.69 Å². The summed E-state index contributed by atoms with van der Waals surface area (Å²) in [4.78, 5) is 23.7. The van der Waals surface area contributed by atoms with E-state index in [4.69, 9.17) is 9.84 Å². The number of hydrogen-bond donors (Lipinski definition) is 2. The van der Waals surface area contributed by atoms with Gasteiger partial charge in [-0.15, -0.1) is 0 Å². The van der Waals surface area contributed by atoms with E-state index >= 15 is 0 Å². The quantitative estimate of drug-likeness (QED) is 0.887. The van der Waals surface area contributed by atoms with Crippen LogP contribution in [-0.2, 0) is 16.6 Å². The van der Waals surface area contributed by atoms with Crippen molar-refractivity contribution in [1.82, 2.24) is 9.78 Å². The highest BCUT2D eigenvalue weighted by Gasteiger charge is 2.25. The molecule has 0 aliphatic rings. The summed E-state index contributed by atoms with van der Waals surface area (Å²) in [6.45, 7) is 5.94. The summed E-state index contributed by atoms with van der Waals surface area (Å²) in [7, 11) is 1.54. The largest absolute Gasteiger partial charge is 0.494 e. The number of carboxylic acid groups (broad SMARTS) is 1. The minimum Gasteiger partial charge on any atom is -0.494 e. The Morgan fingerprint density at radius 1 is 1.30 bits per heavy atom. The third-order valence-electron chi connectivity index (χ3n) is 3.65. The molecule has 0 bridgehead atoms. The van der Waals surface area contributed by atoms with Crippen LogP contribution in [0, 0.1) is 0 Å². The number of rotatable bonds is 5. The van der Waals surface area contributed by atoms with Crippen molar-refractivity contribution in [2.24, 2.45) is 0 Å². The van der Waals surface area contributed by atoms with Crippen LogP contribution in [0.5, 0.6) is 5.75 Å². The van der Waals surface area contributed by atoms with Gasteiger partial charge in [-0.1, -0.05) is 32.9 Å². The van der Waals surface area contributed by atoms with Crippen LogP contribution in [0.25, 0.3) is 5.69 Å². The minimum absolute atomic E-state index is 0.0813. The van der Waals surface area contributed by atoms with Crippen LogP contribution < -0.4 is 10.3 Å². The van der Waals surface area contributed by atoms with Crippen molar-refractivity contribution >= 4 is 5.97 Å². The first-order chi connectivity index (χ1) is 10.8. The van der Waals surface area contributed by atoms with Crippen LogP contribution >= 0.6 is 0 Å². The second-order valence-electron chi connectivity index (χ2n) is 6.42. The zero-order valence-electron chi connectivity index (χ0n) is 13.8. The molecule has 0 radical (unpaired) electrons. The molecule has 1 aromatic heterocycles. The van der Waals surface area contributed by atoms with Gasteiger partial charge in [-0.05, 0) is 18.6 Å². The molecule has 2 N–H and O–H groups in total. The summed E-state index contributed by atoms with van der Waals surface area (Å²) in [5.41, 5.74) is 1.31. The number of nitrogens with one attached hydrogen (secondary N) is 1. The number of benzene rings is 1. The Balaban J connectivity index is 2.62. The summed E-state index contributed by atoms with van der Waals surface area (Å²) in [6, 6.07) is 7.20.